The van der Waals surface area contributed by atoms with Gasteiger partial charge < -0.3 is 10.6 Å². The standard InChI is InChI=1S/C12H18N4/c1-12(2)4-6-16(8-12)10-7-9(11(13)14)3-5-15-10/h3,5,7H,4,6,8H2,1-2H3,(H3,13,14). The molecule has 1 saturated heterocycles. The topological polar surface area (TPSA) is 66.0 Å². The van der Waals surface area contributed by atoms with Crippen LogP contribution in [0.2, 0.25) is 0 Å². The zero-order valence-electron chi connectivity index (χ0n) is 9.83. The minimum Gasteiger partial charge on any atom is -0.384 e. The predicted octanol–water partition coefficient (Wildman–Crippen LogP) is 1.60. The molecule has 0 aliphatic carbocycles. The van der Waals surface area contributed by atoms with Crippen LogP contribution in [0.5, 0.6) is 0 Å². The Kier molecular flexibility index (Phi) is 2.58. The summed E-state index contributed by atoms with van der Waals surface area (Å²) in [5.41, 5.74) is 6.57. The summed E-state index contributed by atoms with van der Waals surface area (Å²) in [6, 6.07) is 3.66. The second kappa shape index (κ2) is 3.77. The van der Waals surface area contributed by atoms with Crippen LogP contribution in [0.4, 0.5) is 5.82 Å². The minimum atomic E-state index is 0.0992. The number of rotatable bonds is 2. The van der Waals surface area contributed by atoms with Crippen LogP contribution in [0, 0.1) is 10.8 Å². The first-order chi connectivity index (χ1) is 7.48. The van der Waals surface area contributed by atoms with Gasteiger partial charge in [0.1, 0.15) is 11.7 Å². The van der Waals surface area contributed by atoms with Gasteiger partial charge in [-0.3, -0.25) is 5.41 Å². The summed E-state index contributed by atoms with van der Waals surface area (Å²) in [5, 5.41) is 7.41. The van der Waals surface area contributed by atoms with Crippen LogP contribution in [-0.4, -0.2) is 23.9 Å². The van der Waals surface area contributed by atoms with Crippen molar-refractivity contribution in [1.29, 1.82) is 5.41 Å². The molecule has 0 saturated carbocycles. The van der Waals surface area contributed by atoms with E-state index in [2.05, 4.69) is 23.7 Å². The van der Waals surface area contributed by atoms with E-state index in [1.165, 1.54) is 6.42 Å². The first-order valence-electron chi connectivity index (χ1n) is 5.53. The summed E-state index contributed by atoms with van der Waals surface area (Å²) in [4.78, 5) is 6.60. The van der Waals surface area contributed by atoms with Crippen molar-refractivity contribution in [2.75, 3.05) is 18.0 Å². The summed E-state index contributed by atoms with van der Waals surface area (Å²) >= 11 is 0. The summed E-state index contributed by atoms with van der Waals surface area (Å²) in [6.45, 7) is 6.58. The molecule has 0 atom stereocenters. The average molecular weight is 218 g/mol. The lowest BCUT2D eigenvalue weighted by Crippen LogP contribution is -2.24. The third-order valence-electron chi connectivity index (χ3n) is 3.06. The lowest BCUT2D eigenvalue weighted by molar-refractivity contribution is 0.418. The van der Waals surface area contributed by atoms with Crippen molar-refractivity contribution in [2.45, 2.75) is 20.3 Å². The van der Waals surface area contributed by atoms with Crippen LogP contribution in [0.25, 0.3) is 0 Å². The molecular weight excluding hydrogens is 200 g/mol. The van der Waals surface area contributed by atoms with E-state index in [-0.39, 0.29) is 5.84 Å². The van der Waals surface area contributed by atoms with Gasteiger partial charge in [-0.05, 0) is 24.0 Å². The van der Waals surface area contributed by atoms with Gasteiger partial charge in [-0.15, -0.1) is 0 Å². The molecule has 0 unspecified atom stereocenters. The van der Waals surface area contributed by atoms with Crippen LogP contribution < -0.4 is 10.6 Å². The number of hydrogen-bond acceptors (Lipinski definition) is 3. The van der Waals surface area contributed by atoms with Gasteiger partial charge in [-0.1, -0.05) is 13.8 Å². The van der Waals surface area contributed by atoms with Crippen molar-refractivity contribution >= 4 is 11.7 Å². The Balaban J connectivity index is 2.22. The average Bonchev–Trinajstić information content (AvgIpc) is 2.59. The fourth-order valence-electron chi connectivity index (χ4n) is 2.07. The molecule has 0 amide bonds. The first-order valence-corrected chi connectivity index (χ1v) is 5.53. The zero-order valence-corrected chi connectivity index (χ0v) is 9.83. The van der Waals surface area contributed by atoms with Gasteiger partial charge in [0.2, 0.25) is 0 Å². The highest BCUT2D eigenvalue weighted by atomic mass is 15.2. The third kappa shape index (κ3) is 2.15. The molecule has 0 bridgehead atoms. The maximum atomic E-state index is 7.41. The van der Waals surface area contributed by atoms with E-state index in [9.17, 15) is 0 Å². The maximum absolute atomic E-state index is 7.41. The molecule has 1 aromatic heterocycles. The molecule has 16 heavy (non-hydrogen) atoms. The molecule has 4 heteroatoms. The van der Waals surface area contributed by atoms with Crippen molar-refractivity contribution < 1.29 is 0 Å². The van der Waals surface area contributed by atoms with E-state index < -0.39 is 0 Å². The summed E-state index contributed by atoms with van der Waals surface area (Å²) in [6.07, 6.45) is 2.90. The normalized spacial score (nSPS) is 18.8. The largest absolute Gasteiger partial charge is 0.384 e. The van der Waals surface area contributed by atoms with E-state index >= 15 is 0 Å². The first kappa shape index (κ1) is 10.9. The van der Waals surface area contributed by atoms with Gasteiger partial charge in [0.25, 0.3) is 0 Å². The lowest BCUT2D eigenvalue weighted by Gasteiger charge is -2.20. The highest BCUT2D eigenvalue weighted by molar-refractivity contribution is 5.95. The Morgan fingerprint density at radius 3 is 2.88 bits per heavy atom. The number of amidine groups is 1. The SMILES string of the molecule is CC1(C)CCN(c2cc(C(=N)N)ccn2)C1. The summed E-state index contributed by atoms with van der Waals surface area (Å²) < 4.78 is 0. The number of hydrogen-bond donors (Lipinski definition) is 2. The molecule has 86 valence electrons. The molecule has 1 aliphatic rings. The van der Waals surface area contributed by atoms with Crippen molar-refractivity contribution in [3.8, 4) is 0 Å². The molecule has 2 rings (SSSR count). The van der Waals surface area contributed by atoms with Gasteiger partial charge >= 0.3 is 0 Å². The van der Waals surface area contributed by atoms with E-state index in [0.29, 0.717) is 5.41 Å². The van der Waals surface area contributed by atoms with E-state index in [0.717, 1.165) is 24.5 Å². The van der Waals surface area contributed by atoms with E-state index in [4.69, 9.17) is 11.1 Å². The van der Waals surface area contributed by atoms with Crippen molar-refractivity contribution in [1.82, 2.24) is 4.98 Å². The van der Waals surface area contributed by atoms with Crippen LogP contribution in [0.1, 0.15) is 25.8 Å². The molecule has 0 spiro atoms. The second-order valence-corrected chi connectivity index (χ2v) is 5.15. The van der Waals surface area contributed by atoms with Crippen molar-refractivity contribution in [3.05, 3.63) is 23.9 Å². The number of pyridine rings is 1. The highest BCUT2D eigenvalue weighted by Gasteiger charge is 2.29. The van der Waals surface area contributed by atoms with Crippen LogP contribution in [-0.2, 0) is 0 Å². The number of nitrogen functional groups attached to an aromatic ring is 1. The highest BCUT2D eigenvalue weighted by Crippen LogP contribution is 2.31. The van der Waals surface area contributed by atoms with E-state index in [1.807, 2.05) is 6.07 Å². The zero-order chi connectivity index (χ0) is 11.8. The van der Waals surface area contributed by atoms with Crippen molar-refractivity contribution in [2.24, 2.45) is 11.1 Å². The number of nitrogens with one attached hydrogen (secondary N) is 1. The molecule has 1 aromatic rings. The maximum Gasteiger partial charge on any atom is 0.129 e. The van der Waals surface area contributed by atoms with Gasteiger partial charge in [0.15, 0.2) is 0 Å². The van der Waals surface area contributed by atoms with Crippen molar-refractivity contribution in [3.63, 3.8) is 0 Å². The van der Waals surface area contributed by atoms with Gasteiger partial charge in [0, 0.05) is 24.8 Å². The molecule has 0 radical (unpaired) electrons. The van der Waals surface area contributed by atoms with E-state index in [1.54, 1.807) is 12.3 Å². The van der Waals surface area contributed by atoms with Gasteiger partial charge in [0.05, 0.1) is 0 Å². The molecule has 1 fully saturated rings. The van der Waals surface area contributed by atoms with Crippen LogP contribution >= 0.6 is 0 Å². The Labute approximate surface area is 96.0 Å². The number of aromatic nitrogens is 1. The van der Waals surface area contributed by atoms with Crippen LogP contribution in [0.3, 0.4) is 0 Å². The molecule has 2 heterocycles. The third-order valence-corrected chi connectivity index (χ3v) is 3.06. The Morgan fingerprint density at radius 1 is 1.56 bits per heavy atom. The van der Waals surface area contributed by atoms with Gasteiger partial charge in [-0.25, -0.2) is 4.98 Å². The predicted molar refractivity (Wildman–Crippen MR) is 65.9 cm³/mol. The summed E-state index contributed by atoms with van der Waals surface area (Å²) in [5.74, 6) is 1.03. The Morgan fingerprint density at radius 2 is 2.31 bits per heavy atom. The molecule has 3 N–H and O–H groups in total. The number of anilines is 1. The minimum absolute atomic E-state index is 0.0992. The second-order valence-electron chi connectivity index (χ2n) is 5.15. The molecule has 0 aromatic carbocycles. The molecule has 1 aliphatic heterocycles. The quantitative estimate of drug-likeness (QED) is 0.585. The smallest absolute Gasteiger partial charge is 0.129 e. The number of nitrogens with zero attached hydrogens (tertiary/aromatic N) is 2. The monoisotopic (exact) mass is 218 g/mol. The summed E-state index contributed by atoms with van der Waals surface area (Å²) in [7, 11) is 0. The fourth-order valence-corrected chi connectivity index (χ4v) is 2.07. The fraction of sp³-hybridized carbons (Fsp3) is 0.500. The Hall–Kier alpha value is -1.58. The number of nitrogens with two attached hydrogens (primary N) is 1. The lowest BCUT2D eigenvalue weighted by atomic mass is 9.93. The Bertz CT molecular complexity index is 411. The molecular formula is C12H18N4. The van der Waals surface area contributed by atoms with Crippen LogP contribution in [0.15, 0.2) is 18.3 Å². The van der Waals surface area contributed by atoms with Gasteiger partial charge in [-0.2, -0.15) is 0 Å². The molecule has 4 nitrogen and oxygen atoms in total.